The van der Waals surface area contributed by atoms with Gasteiger partial charge in [-0.15, -0.1) is 11.3 Å². The Morgan fingerprint density at radius 2 is 2.33 bits per heavy atom. The molecule has 2 atom stereocenters. The molecule has 21 heavy (non-hydrogen) atoms. The largest absolute Gasteiger partial charge is 0.374 e. The lowest BCUT2D eigenvalue weighted by atomic mass is 9.90. The highest BCUT2D eigenvalue weighted by molar-refractivity contribution is 7.99. The van der Waals surface area contributed by atoms with E-state index < -0.39 is 0 Å². The molecule has 1 aromatic rings. The number of hydrogen-bond acceptors (Lipinski definition) is 5. The number of thiazole rings is 1. The summed E-state index contributed by atoms with van der Waals surface area (Å²) in [5.74, 6) is 2.44. The Morgan fingerprint density at radius 3 is 3.00 bits per heavy atom. The number of ether oxygens (including phenoxy) is 1. The molecular weight excluding hydrogens is 300 g/mol. The molecule has 2 aliphatic heterocycles. The zero-order valence-electron chi connectivity index (χ0n) is 13.3. The van der Waals surface area contributed by atoms with Gasteiger partial charge in [0.1, 0.15) is 5.01 Å². The summed E-state index contributed by atoms with van der Waals surface area (Å²) in [7, 11) is 0. The van der Waals surface area contributed by atoms with Crippen LogP contribution in [0.25, 0.3) is 0 Å². The van der Waals surface area contributed by atoms with Gasteiger partial charge in [0.15, 0.2) is 0 Å². The van der Waals surface area contributed by atoms with Gasteiger partial charge in [-0.05, 0) is 30.4 Å². The van der Waals surface area contributed by atoms with Gasteiger partial charge in [0.25, 0.3) is 0 Å². The Morgan fingerprint density at radius 1 is 1.48 bits per heavy atom. The number of nitrogens with one attached hydrogen (secondary N) is 1. The van der Waals surface area contributed by atoms with Crippen LogP contribution in [0.3, 0.4) is 0 Å². The van der Waals surface area contributed by atoms with Gasteiger partial charge in [-0.1, -0.05) is 20.8 Å². The molecule has 118 valence electrons. The zero-order valence-corrected chi connectivity index (χ0v) is 14.9. The number of hydrogen-bond donors (Lipinski definition) is 1. The second-order valence-electron chi connectivity index (χ2n) is 7.27. The lowest BCUT2D eigenvalue weighted by Crippen LogP contribution is -2.47. The van der Waals surface area contributed by atoms with Crippen LogP contribution in [0.5, 0.6) is 0 Å². The van der Waals surface area contributed by atoms with Crippen LogP contribution in [-0.4, -0.2) is 34.7 Å². The Balaban J connectivity index is 1.54. The molecule has 2 fully saturated rings. The molecule has 3 heterocycles. The fourth-order valence-corrected chi connectivity index (χ4v) is 5.34. The summed E-state index contributed by atoms with van der Waals surface area (Å²) in [6, 6.07) is 0.583. The van der Waals surface area contributed by atoms with Crippen molar-refractivity contribution in [3.05, 3.63) is 16.1 Å². The molecule has 0 bridgehead atoms. The third-order valence-corrected chi connectivity index (χ3v) is 7.04. The molecule has 1 aromatic heterocycles. The van der Waals surface area contributed by atoms with Crippen molar-refractivity contribution in [3.8, 4) is 0 Å². The van der Waals surface area contributed by atoms with E-state index in [-0.39, 0.29) is 11.0 Å². The van der Waals surface area contributed by atoms with Gasteiger partial charge in [0.05, 0.1) is 5.60 Å². The summed E-state index contributed by atoms with van der Waals surface area (Å²) >= 11 is 3.88. The fraction of sp³-hybridized carbons (Fsp3) is 0.812. The van der Waals surface area contributed by atoms with Crippen LogP contribution < -0.4 is 5.32 Å². The topological polar surface area (TPSA) is 34.2 Å². The maximum atomic E-state index is 6.08. The van der Waals surface area contributed by atoms with Gasteiger partial charge in [-0.2, -0.15) is 11.8 Å². The molecule has 0 aliphatic carbocycles. The third-order valence-electron chi connectivity index (χ3n) is 4.39. The standard InChI is InChI=1S/C16H26N2OS2/c1-15(2,3)13-9-18-14(21-13)10-17-12-4-6-19-16(8-12)5-7-20-11-16/h9,12,17H,4-8,10-11H2,1-3H3/t12-,16-/m1/s1. The SMILES string of the molecule is CC(C)(C)c1cnc(CN[C@@H]2CCO[C@]3(CCSC3)C2)s1. The number of rotatable bonds is 3. The Hall–Kier alpha value is -0.100. The van der Waals surface area contributed by atoms with E-state index in [1.54, 1.807) is 0 Å². The van der Waals surface area contributed by atoms with E-state index in [1.165, 1.54) is 27.8 Å². The molecule has 0 amide bonds. The first-order valence-electron chi connectivity index (χ1n) is 7.87. The van der Waals surface area contributed by atoms with Gasteiger partial charge in [-0.3, -0.25) is 0 Å². The van der Waals surface area contributed by atoms with Crippen LogP contribution in [0.2, 0.25) is 0 Å². The third kappa shape index (κ3) is 3.81. The Labute approximate surface area is 136 Å². The molecule has 2 aliphatic rings. The van der Waals surface area contributed by atoms with Crippen molar-refractivity contribution in [2.45, 2.75) is 63.6 Å². The number of aromatic nitrogens is 1. The molecule has 0 saturated carbocycles. The average molecular weight is 327 g/mol. The minimum Gasteiger partial charge on any atom is -0.374 e. The van der Waals surface area contributed by atoms with Crippen LogP contribution in [0.15, 0.2) is 6.20 Å². The normalized spacial score (nSPS) is 30.1. The van der Waals surface area contributed by atoms with Crippen molar-refractivity contribution < 1.29 is 4.74 Å². The predicted molar refractivity (Wildman–Crippen MR) is 91.3 cm³/mol. The van der Waals surface area contributed by atoms with E-state index >= 15 is 0 Å². The minimum atomic E-state index is 0.167. The minimum absolute atomic E-state index is 0.167. The van der Waals surface area contributed by atoms with Crippen molar-refractivity contribution >= 4 is 23.1 Å². The lowest BCUT2D eigenvalue weighted by molar-refractivity contribution is -0.0703. The highest BCUT2D eigenvalue weighted by atomic mass is 32.2. The second kappa shape index (κ2) is 6.19. The molecule has 1 N–H and O–H groups in total. The number of thioether (sulfide) groups is 1. The maximum Gasteiger partial charge on any atom is 0.107 e. The molecule has 5 heteroatoms. The van der Waals surface area contributed by atoms with Crippen molar-refractivity contribution in [1.82, 2.24) is 10.3 Å². The quantitative estimate of drug-likeness (QED) is 0.920. The van der Waals surface area contributed by atoms with E-state index in [4.69, 9.17) is 4.74 Å². The van der Waals surface area contributed by atoms with Gasteiger partial charge in [-0.25, -0.2) is 4.98 Å². The number of nitrogens with zero attached hydrogens (tertiary/aromatic N) is 1. The zero-order chi connectivity index (χ0) is 14.9. The fourth-order valence-electron chi connectivity index (χ4n) is 3.04. The van der Waals surface area contributed by atoms with Gasteiger partial charge >= 0.3 is 0 Å². The van der Waals surface area contributed by atoms with E-state index in [2.05, 4.69) is 31.1 Å². The maximum absolute atomic E-state index is 6.08. The summed E-state index contributed by atoms with van der Waals surface area (Å²) in [6.45, 7) is 8.55. The highest BCUT2D eigenvalue weighted by Gasteiger charge is 2.40. The molecular formula is C16H26N2OS2. The van der Waals surface area contributed by atoms with Crippen LogP contribution in [0.1, 0.15) is 49.9 Å². The van der Waals surface area contributed by atoms with Gasteiger partial charge < -0.3 is 10.1 Å². The summed E-state index contributed by atoms with van der Waals surface area (Å²) in [6.07, 6.45) is 5.56. The molecule has 0 radical (unpaired) electrons. The molecule has 3 rings (SSSR count). The summed E-state index contributed by atoms with van der Waals surface area (Å²) in [5, 5.41) is 4.92. The van der Waals surface area contributed by atoms with Crippen molar-refractivity contribution in [2.75, 3.05) is 18.1 Å². The molecule has 1 spiro atoms. The molecule has 0 unspecified atom stereocenters. The summed E-state index contributed by atoms with van der Waals surface area (Å²) in [5.41, 5.74) is 0.375. The average Bonchev–Trinajstić information content (AvgIpc) is 3.06. The summed E-state index contributed by atoms with van der Waals surface area (Å²) in [4.78, 5) is 5.95. The first-order chi connectivity index (χ1) is 9.97. The van der Waals surface area contributed by atoms with Crippen LogP contribution in [0, 0.1) is 0 Å². The monoisotopic (exact) mass is 326 g/mol. The molecule has 2 saturated heterocycles. The van der Waals surface area contributed by atoms with Crippen molar-refractivity contribution in [3.63, 3.8) is 0 Å². The smallest absolute Gasteiger partial charge is 0.107 e. The van der Waals surface area contributed by atoms with Crippen LogP contribution >= 0.6 is 23.1 Å². The second-order valence-corrected chi connectivity index (χ2v) is 9.49. The Bertz CT molecular complexity index is 475. The van der Waals surface area contributed by atoms with Crippen LogP contribution in [-0.2, 0) is 16.7 Å². The molecule has 0 aromatic carbocycles. The lowest BCUT2D eigenvalue weighted by Gasteiger charge is -2.38. The molecule has 3 nitrogen and oxygen atoms in total. The van der Waals surface area contributed by atoms with Crippen molar-refractivity contribution in [1.29, 1.82) is 0 Å². The van der Waals surface area contributed by atoms with Crippen LogP contribution in [0.4, 0.5) is 0 Å². The van der Waals surface area contributed by atoms with E-state index in [9.17, 15) is 0 Å². The Kier molecular flexibility index (Phi) is 4.65. The van der Waals surface area contributed by atoms with E-state index in [1.807, 2.05) is 29.3 Å². The van der Waals surface area contributed by atoms with Crippen molar-refractivity contribution in [2.24, 2.45) is 0 Å². The summed E-state index contributed by atoms with van der Waals surface area (Å²) < 4.78 is 6.08. The highest BCUT2D eigenvalue weighted by Crippen LogP contribution is 2.38. The first-order valence-corrected chi connectivity index (χ1v) is 9.84. The predicted octanol–water partition coefficient (Wildman–Crippen LogP) is 3.58. The van der Waals surface area contributed by atoms with Gasteiger partial charge in [0.2, 0.25) is 0 Å². The first kappa shape index (κ1) is 15.8. The van der Waals surface area contributed by atoms with E-state index in [0.717, 1.165) is 26.0 Å². The van der Waals surface area contributed by atoms with E-state index in [0.29, 0.717) is 6.04 Å². The van der Waals surface area contributed by atoms with Gasteiger partial charge in [0, 0.05) is 36.0 Å².